The minimum absolute atomic E-state index is 0.257. The molecule has 0 aliphatic heterocycles. The first kappa shape index (κ1) is 12.7. The Labute approximate surface area is 95.0 Å². The number of aliphatic hydroxyl groups is 1. The molecule has 0 aliphatic rings. The number of carbonyl (C=O) groups excluding carboxylic acids is 1. The van der Waals surface area contributed by atoms with Gasteiger partial charge in [0, 0.05) is 6.42 Å². The molecule has 0 amide bonds. The molecule has 0 radical (unpaired) electrons. The molecule has 0 fully saturated rings. The molecule has 3 N–H and O–H groups in total. The molecule has 0 aromatic heterocycles. The lowest BCUT2D eigenvalue weighted by Gasteiger charge is -2.24. The van der Waals surface area contributed by atoms with Crippen molar-refractivity contribution >= 4 is 5.97 Å². The van der Waals surface area contributed by atoms with Gasteiger partial charge in [-0.2, -0.15) is 0 Å². The number of ether oxygens (including phenoxy) is 1. The average molecular weight is 223 g/mol. The Morgan fingerprint density at radius 1 is 1.44 bits per heavy atom. The number of hydrogen-bond donors (Lipinski definition) is 2. The molecule has 88 valence electrons. The average Bonchev–Trinajstić information content (AvgIpc) is 2.30. The number of nitrogens with two attached hydrogens (primary N) is 1. The molecular formula is C12H17NO3. The fourth-order valence-corrected chi connectivity index (χ4v) is 1.43. The molecule has 1 unspecified atom stereocenters. The van der Waals surface area contributed by atoms with E-state index in [1.54, 1.807) is 6.92 Å². The van der Waals surface area contributed by atoms with Crippen LogP contribution in [0.1, 0.15) is 12.5 Å². The Bertz CT molecular complexity index is 339. The molecule has 4 nitrogen and oxygen atoms in total. The van der Waals surface area contributed by atoms with E-state index >= 15 is 0 Å². The van der Waals surface area contributed by atoms with Crippen LogP contribution >= 0.6 is 0 Å². The summed E-state index contributed by atoms with van der Waals surface area (Å²) in [4.78, 5) is 11.6. The highest BCUT2D eigenvalue weighted by atomic mass is 16.5. The van der Waals surface area contributed by atoms with Gasteiger partial charge in [-0.25, -0.2) is 4.79 Å². The molecule has 0 spiro atoms. The summed E-state index contributed by atoms with van der Waals surface area (Å²) < 4.78 is 4.85. The van der Waals surface area contributed by atoms with E-state index < -0.39 is 18.1 Å². The minimum Gasteiger partial charge on any atom is -0.465 e. The highest BCUT2D eigenvalue weighted by Crippen LogP contribution is 2.12. The van der Waals surface area contributed by atoms with Crippen molar-refractivity contribution in [3.8, 4) is 0 Å². The van der Waals surface area contributed by atoms with Gasteiger partial charge >= 0.3 is 5.97 Å². The minimum atomic E-state index is -1.35. The lowest BCUT2D eigenvalue weighted by atomic mass is 9.93. The van der Waals surface area contributed by atoms with E-state index in [-0.39, 0.29) is 13.0 Å². The number of hydrogen-bond acceptors (Lipinski definition) is 4. The van der Waals surface area contributed by atoms with Crippen LogP contribution in [0, 0.1) is 0 Å². The molecule has 0 saturated carbocycles. The normalized spacial score (nSPS) is 14.2. The summed E-state index contributed by atoms with van der Waals surface area (Å²) >= 11 is 0. The first-order valence-electron chi connectivity index (χ1n) is 5.23. The second-order valence-electron chi connectivity index (χ2n) is 3.70. The molecule has 0 heterocycles. The molecule has 0 bridgehead atoms. The van der Waals surface area contributed by atoms with Gasteiger partial charge in [0.25, 0.3) is 0 Å². The zero-order valence-corrected chi connectivity index (χ0v) is 9.35. The van der Waals surface area contributed by atoms with Crippen molar-refractivity contribution in [1.82, 2.24) is 0 Å². The van der Waals surface area contributed by atoms with Crippen LogP contribution in [0.3, 0.4) is 0 Å². The number of carbonyl (C=O) groups is 1. The highest BCUT2D eigenvalue weighted by molar-refractivity contribution is 5.81. The Morgan fingerprint density at radius 3 is 2.56 bits per heavy atom. The zero-order valence-electron chi connectivity index (χ0n) is 9.35. The number of esters is 1. The highest BCUT2D eigenvalue weighted by Gasteiger charge is 2.35. The monoisotopic (exact) mass is 223 g/mol. The van der Waals surface area contributed by atoms with Gasteiger partial charge in [-0.3, -0.25) is 0 Å². The predicted octanol–water partition coefficient (Wildman–Crippen LogP) is 0.482. The summed E-state index contributed by atoms with van der Waals surface area (Å²) in [7, 11) is 0. The van der Waals surface area contributed by atoms with Gasteiger partial charge in [-0.1, -0.05) is 30.3 Å². The molecule has 1 atom stereocenters. The van der Waals surface area contributed by atoms with Crippen LogP contribution in [-0.2, 0) is 16.0 Å². The summed E-state index contributed by atoms with van der Waals surface area (Å²) in [6.45, 7) is 1.53. The molecule has 0 saturated heterocycles. The molecule has 1 aromatic rings. The van der Waals surface area contributed by atoms with Crippen molar-refractivity contribution in [3.63, 3.8) is 0 Å². The Kier molecular flexibility index (Phi) is 4.46. The van der Waals surface area contributed by atoms with Gasteiger partial charge in [-0.15, -0.1) is 0 Å². The summed E-state index contributed by atoms with van der Waals surface area (Å²) in [6, 6.07) is 9.31. The van der Waals surface area contributed by atoms with Crippen molar-refractivity contribution in [3.05, 3.63) is 35.9 Å². The number of rotatable bonds is 5. The first-order valence-corrected chi connectivity index (χ1v) is 5.23. The molecule has 4 heteroatoms. The SMILES string of the molecule is CCOC(=O)C(N)(CO)Cc1ccccc1. The third-order valence-corrected chi connectivity index (χ3v) is 2.33. The lowest BCUT2D eigenvalue weighted by Crippen LogP contribution is -2.54. The Morgan fingerprint density at radius 2 is 2.06 bits per heavy atom. The number of aliphatic hydroxyl groups excluding tert-OH is 1. The van der Waals surface area contributed by atoms with Gasteiger partial charge < -0.3 is 15.6 Å². The van der Waals surface area contributed by atoms with Gasteiger partial charge in [0.05, 0.1) is 13.2 Å². The van der Waals surface area contributed by atoms with Crippen molar-refractivity contribution in [1.29, 1.82) is 0 Å². The topological polar surface area (TPSA) is 72.5 Å². The van der Waals surface area contributed by atoms with E-state index in [9.17, 15) is 9.90 Å². The Hall–Kier alpha value is -1.39. The van der Waals surface area contributed by atoms with Crippen LogP contribution < -0.4 is 5.73 Å². The zero-order chi connectivity index (χ0) is 12.0. The van der Waals surface area contributed by atoms with Crippen LogP contribution in [-0.4, -0.2) is 29.8 Å². The molecule has 1 rings (SSSR count). The summed E-state index contributed by atoms with van der Waals surface area (Å²) in [5.74, 6) is -0.568. The number of benzene rings is 1. The molecule has 0 aliphatic carbocycles. The third-order valence-electron chi connectivity index (χ3n) is 2.33. The van der Waals surface area contributed by atoms with Crippen LogP contribution in [0.2, 0.25) is 0 Å². The molecule has 1 aromatic carbocycles. The van der Waals surface area contributed by atoms with E-state index in [1.807, 2.05) is 30.3 Å². The van der Waals surface area contributed by atoms with E-state index in [4.69, 9.17) is 10.5 Å². The first-order chi connectivity index (χ1) is 7.62. The maximum atomic E-state index is 11.6. The predicted molar refractivity (Wildman–Crippen MR) is 60.8 cm³/mol. The quantitative estimate of drug-likeness (QED) is 0.712. The smallest absolute Gasteiger partial charge is 0.328 e. The van der Waals surface area contributed by atoms with Crippen molar-refractivity contribution in [2.24, 2.45) is 5.73 Å². The van der Waals surface area contributed by atoms with Crippen molar-refractivity contribution in [2.75, 3.05) is 13.2 Å². The van der Waals surface area contributed by atoms with Gasteiger partial charge in [0.2, 0.25) is 0 Å². The van der Waals surface area contributed by atoms with Crippen molar-refractivity contribution in [2.45, 2.75) is 18.9 Å². The summed E-state index contributed by atoms with van der Waals surface area (Å²) in [6.07, 6.45) is 0.267. The maximum absolute atomic E-state index is 11.6. The standard InChI is InChI=1S/C12H17NO3/c1-2-16-11(15)12(13,9-14)8-10-6-4-3-5-7-10/h3-7,14H,2,8-9,13H2,1H3. The second kappa shape index (κ2) is 5.63. The van der Waals surface area contributed by atoms with E-state index in [1.165, 1.54) is 0 Å². The lowest BCUT2D eigenvalue weighted by molar-refractivity contribution is -0.151. The maximum Gasteiger partial charge on any atom is 0.328 e. The van der Waals surface area contributed by atoms with Gasteiger partial charge in [-0.05, 0) is 12.5 Å². The summed E-state index contributed by atoms with van der Waals surface area (Å²) in [5, 5.41) is 9.22. The van der Waals surface area contributed by atoms with Crippen molar-refractivity contribution < 1.29 is 14.6 Å². The molecular weight excluding hydrogens is 206 g/mol. The van der Waals surface area contributed by atoms with Gasteiger partial charge in [0.1, 0.15) is 5.54 Å². The van der Waals surface area contributed by atoms with Gasteiger partial charge in [0.15, 0.2) is 0 Å². The fourth-order valence-electron chi connectivity index (χ4n) is 1.43. The summed E-state index contributed by atoms with van der Waals surface area (Å²) in [5.41, 5.74) is 5.38. The van der Waals surface area contributed by atoms with Crippen LogP contribution in [0.5, 0.6) is 0 Å². The van der Waals surface area contributed by atoms with E-state index in [0.717, 1.165) is 5.56 Å². The third kappa shape index (κ3) is 3.05. The van der Waals surface area contributed by atoms with Crippen LogP contribution in [0.25, 0.3) is 0 Å². The second-order valence-corrected chi connectivity index (χ2v) is 3.70. The van der Waals surface area contributed by atoms with E-state index in [2.05, 4.69) is 0 Å². The van der Waals surface area contributed by atoms with Crippen LogP contribution in [0.15, 0.2) is 30.3 Å². The van der Waals surface area contributed by atoms with E-state index in [0.29, 0.717) is 0 Å². The Balaban J connectivity index is 2.78. The van der Waals surface area contributed by atoms with Crippen LogP contribution in [0.4, 0.5) is 0 Å². The molecule has 16 heavy (non-hydrogen) atoms. The largest absolute Gasteiger partial charge is 0.465 e. The fraction of sp³-hybridized carbons (Fsp3) is 0.417.